The second-order valence-corrected chi connectivity index (χ2v) is 4.57. The van der Waals surface area contributed by atoms with E-state index in [1.54, 1.807) is 36.5 Å². The zero-order valence-electron chi connectivity index (χ0n) is 11.3. The highest BCUT2D eigenvalue weighted by atomic mass is 16.2. The summed E-state index contributed by atoms with van der Waals surface area (Å²) >= 11 is 0. The van der Waals surface area contributed by atoms with E-state index in [1.165, 1.54) is 6.07 Å². The number of carbonyl (C=O) groups excluding carboxylic acids is 2. The summed E-state index contributed by atoms with van der Waals surface area (Å²) in [5, 5.41) is 2.66. The summed E-state index contributed by atoms with van der Waals surface area (Å²) in [5.74, 6) is -0.897. The van der Waals surface area contributed by atoms with Gasteiger partial charge in [0.15, 0.2) is 0 Å². The van der Waals surface area contributed by atoms with E-state index >= 15 is 0 Å². The van der Waals surface area contributed by atoms with E-state index in [0.29, 0.717) is 17.7 Å². The molecule has 6 nitrogen and oxygen atoms in total. The Morgan fingerprint density at radius 3 is 2.67 bits per heavy atom. The molecule has 108 valence electrons. The number of hydrogen-bond acceptors (Lipinski definition) is 4. The average molecular weight is 284 g/mol. The van der Waals surface area contributed by atoms with Crippen molar-refractivity contribution in [3.05, 3.63) is 59.9 Å². The van der Waals surface area contributed by atoms with Crippen LogP contribution in [-0.4, -0.2) is 22.8 Å². The Morgan fingerprint density at radius 2 is 2.00 bits per heavy atom. The minimum Gasteiger partial charge on any atom is -0.366 e. The lowest BCUT2D eigenvalue weighted by molar-refractivity contribution is -0.117. The molecule has 0 saturated heterocycles. The topological polar surface area (TPSA) is 111 Å². The Bertz CT molecular complexity index is 643. The van der Waals surface area contributed by atoms with Crippen molar-refractivity contribution in [3.8, 4) is 0 Å². The number of nitrogens with two attached hydrogens (primary N) is 2. The molecular formula is C15H16N4O2. The molecular weight excluding hydrogens is 268 g/mol. The zero-order chi connectivity index (χ0) is 15.2. The van der Waals surface area contributed by atoms with Crippen LogP contribution in [0.4, 0.5) is 5.69 Å². The summed E-state index contributed by atoms with van der Waals surface area (Å²) in [7, 11) is 0. The van der Waals surface area contributed by atoms with E-state index in [0.717, 1.165) is 5.69 Å². The molecule has 0 aliphatic heterocycles. The Kier molecular flexibility index (Phi) is 4.63. The van der Waals surface area contributed by atoms with Crippen molar-refractivity contribution in [1.29, 1.82) is 0 Å². The van der Waals surface area contributed by atoms with Gasteiger partial charge in [-0.25, -0.2) is 0 Å². The minimum atomic E-state index is -0.725. The quantitative estimate of drug-likeness (QED) is 0.750. The molecule has 2 aromatic rings. The number of primary amides is 1. The summed E-state index contributed by atoms with van der Waals surface area (Å²) in [5.41, 5.74) is 12.6. The Morgan fingerprint density at radius 1 is 1.19 bits per heavy atom. The fraction of sp³-hybridized carbons (Fsp3) is 0.133. The average Bonchev–Trinajstić information content (AvgIpc) is 2.48. The molecule has 2 amide bonds. The van der Waals surface area contributed by atoms with Crippen LogP contribution in [0.25, 0.3) is 0 Å². The second-order valence-electron chi connectivity index (χ2n) is 4.57. The lowest BCUT2D eigenvalue weighted by Gasteiger charge is -2.12. The lowest BCUT2D eigenvalue weighted by Crippen LogP contribution is -2.37. The SMILES string of the molecule is NC(=O)c1cccc(NC(=O)[C@H](N)Cc2ccccn2)c1. The smallest absolute Gasteiger partial charge is 0.248 e. The maximum atomic E-state index is 12.0. The maximum Gasteiger partial charge on any atom is 0.248 e. The van der Waals surface area contributed by atoms with Gasteiger partial charge in [0, 0.05) is 29.6 Å². The van der Waals surface area contributed by atoms with Gasteiger partial charge in [-0.05, 0) is 30.3 Å². The molecule has 0 bridgehead atoms. The van der Waals surface area contributed by atoms with Crippen LogP contribution in [0.15, 0.2) is 48.7 Å². The molecule has 0 fully saturated rings. The highest BCUT2D eigenvalue weighted by Crippen LogP contribution is 2.11. The summed E-state index contributed by atoms with van der Waals surface area (Å²) in [4.78, 5) is 27.2. The number of aromatic nitrogens is 1. The fourth-order valence-electron chi connectivity index (χ4n) is 1.82. The van der Waals surface area contributed by atoms with Crippen LogP contribution < -0.4 is 16.8 Å². The predicted molar refractivity (Wildman–Crippen MR) is 79.5 cm³/mol. The molecule has 21 heavy (non-hydrogen) atoms. The van der Waals surface area contributed by atoms with Gasteiger partial charge < -0.3 is 16.8 Å². The first-order chi connectivity index (χ1) is 10.1. The van der Waals surface area contributed by atoms with Gasteiger partial charge in [-0.3, -0.25) is 14.6 Å². The molecule has 5 N–H and O–H groups in total. The molecule has 1 heterocycles. The van der Waals surface area contributed by atoms with Crippen molar-refractivity contribution in [2.75, 3.05) is 5.32 Å². The Hall–Kier alpha value is -2.73. The molecule has 6 heteroatoms. The number of nitrogens with one attached hydrogen (secondary N) is 1. The first-order valence-electron chi connectivity index (χ1n) is 6.42. The normalized spacial score (nSPS) is 11.7. The van der Waals surface area contributed by atoms with Gasteiger partial charge >= 0.3 is 0 Å². The van der Waals surface area contributed by atoms with Crippen molar-refractivity contribution >= 4 is 17.5 Å². The molecule has 2 rings (SSSR count). The number of nitrogens with zero attached hydrogens (tertiary/aromatic N) is 1. The van der Waals surface area contributed by atoms with Crippen LogP contribution in [0, 0.1) is 0 Å². The van der Waals surface area contributed by atoms with Crippen molar-refractivity contribution in [3.63, 3.8) is 0 Å². The molecule has 0 radical (unpaired) electrons. The van der Waals surface area contributed by atoms with Gasteiger partial charge in [0.25, 0.3) is 0 Å². The van der Waals surface area contributed by atoms with Crippen molar-refractivity contribution in [2.45, 2.75) is 12.5 Å². The summed E-state index contributed by atoms with van der Waals surface area (Å²) in [6.07, 6.45) is 1.98. The largest absolute Gasteiger partial charge is 0.366 e. The molecule has 0 aliphatic rings. The molecule has 0 unspecified atom stereocenters. The monoisotopic (exact) mass is 284 g/mol. The van der Waals surface area contributed by atoms with Gasteiger partial charge in [-0.1, -0.05) is 12.1 Å². The first-order valence-corrected chi connectivity index (χ1v) is 6.42. The van der Waals surface area contributed by atoms with E-state index in [4.69, 9.17) is 11.5 Å². The third kappa shape index (κ3) is 4.12. The number of hydrogen-bond donors (Lipinski definition) is 3. The van der Waals surface area contributed by atoms with E-state index in [2.05, 4.69) is 10.3 Å². The summed E-state index contributed by atoms with van der Waals surface area (Å²) in [6.45, 7) is 0. The standard InChI is InChI=1S/C15H16N4O2/c16-13(9-11-5-1-2-7-18-11)15(21)19-12-6-3-4-10(8-12)14(17)20/h1-8,13H,9,16H2,(H2,17,20)(H,19,21)/t13-/m1/s1. The van der Waals surface area contributed by atoms with Gasteiger partial charge in [0.2, 0.25) is 11.8 Å². The molecule has 1 atom stereocenters. The highest BCUT2D eigenvalue weighted by Gasteiger charge is 2.15. The van der Waals surface area contributed by atoms with Crippen molar-refractivity contribution < 1.29 is 9.59 Å². The van der Waals surface area contributed by atoms with Crippen LogP contribution in [-0.2, 0) is 11.2 Å². The molecule has 0 aliphatic carbocycles. The highest BCUT2D eigenvalue weighted by molar-refractivity contribution is 5.97. The first kappa shape index (κ1) is 14.7. The summed E-state index contributed by atoms with van der Waals surface area (Å²) < 4.78 is 0. The third-order valence-electron chi connectivity index (χ3n) is 2.91. The van der Waals surface area contributed by atoms with Crippen LogP contribution in [0.3, 0.4) is 0 Å². The van der Waals surface area contributed by atoms with Crippen LogP contribution >= 0.6 is 0 Å². The number of pyridine rings is 1. The number of anilines is 1. The number of benzene rings is 1. The number of carbonyl (C=O) groups is 2. The minimum absolute atomic E-state index is 0.325. The van der Waals surface area contributed by atoms with Crippen molar-refractivity contribution in [1.82, 2.24) is 4.98 Å². The van der Waals surface area contributed by atoms with Crippen molar-refractivity contribution in [2.24, 2.45) is 11.5 Å². The molecule has 1 aromatic heterocycles. The van der Waals surface area contributed by atoms with Crippen LogP contribution in [0.1, 0.15) is 16.1 Å². The van der Waals surface area contributed by atoms with E-state index in [9.17, 15) is 9.59 Å². The van der Waals surface area contributed by atoms with E-state index in [-0.39, 0.29) is 5.91 Å². The van der Waals surface area contributed by atoms with Crippen LogP contribution in [0.5, 0.6) is 0 Å². The maximum absolute atomic E-state index is 12.0. The Labute approximate surface area is 122 Å². The number of amides is 2. The second kappa shape index (κ2) is 6.62. The van der Waals surface area contributed by atoms with Gasteiger partial charge in [0.05, 0.1) is 6.04 Å². The van der Waals surface area contributed by atoms with E-state index in [1.807, 2.05) is 6.07 Å². The zero-order valence-corrected chi connectivity index (χ0v) is 11.3. The van der Waals surface area contributed by atoms with E-state index < -0.39 is 11.9 Å². The number of rotatable bonds is 5. The Balaban J connectivity index is 2.00. The van der Waals surface area contributed by atoms with Gasteiger partial charge in [-0.2, -0.15) is 0 Å². The molecule has 0 saturated carbocycles. The van der Waals surface area contributed by atoms with Gasteiger partial charge in [-0.15, -0.1) is 0 Å². The molecule has 0 spiro atoms. The van der Waals surface area contributed by atoms with Crippen LogP contribution in [0.2, 0.25) is 0 Å². The molecule has 1 aromatic carbocycles. The predicted octanol–water partition coefficient (Wildman–Crippen LogP) is 0.689. The van der Waals surface area contributed by atoms with Gasteiger partial charge in [0.1, 0.15) is 0 Å². The lowest BCUT2D eigenvalue weighted by atomic mass is 10.1. The summed E-state index contributed by atoms with van der Waals surface area (Å²) in [6, 6.07) is 11.1. The third-order valence-corrected chi connectivity index (χ3v) is 2.91. The fourth-order valence-corrected chi connectivity index (χ4v) is 1.82.